The van der Waals surface area contributed by atoms with E-state index in [1.807, 2.05) is 0 Å². The van der Waals surface area contributed by atoms with Crippen LogP contribution in [0.2, 0.25) is 0 Å². The highest BCUT2D eigenvalue weighted by Crippen LogP contribution is 2.29. The number of rotatable bonds is 4. The summed E-state index contributed by atoms with van der Waals surface area (Å²) in [5.74, 6) is 1.23. The van der Waals surface area contributed by atoms with Crippen molar-refractivity contribution in [1.82, 2.24) is 0 Å². The van der Waals surface area contributed by atoms with Crippen LogP contribution in [0.1, 0.15) is 11.7 Å². The highest BCUT2D eigenvalue weighted by Gasteiger charge is 2.09. The van der Waals surface area contributed by atoms with E-state index in [0.29, 0.717) is 11.5 Å². The Labute approximate surface area is 95.4 Å². The van der Waals surface area contributed by atoms with Gasteiger partial charge in [-0.25, -0.2) is 0 Å². The molecule has 0 saturated carbocycles. The van der Waals surface area contributed by atoms with Crippen LogP contribution in [-0.2, 0) is 0 Å². The minimum Gasteiger partial charge on any atom is -0.493 e. The molecule has 0 aliphatic rings. The van der Waals surface area contributed by atoms with Crippen molar-refractivity contribution in [3.8, 4) is 11.5 Å². The maximum Gasteiger partial charge on any atom is 0.161 e. The van der Waals surface area contributed by atoms with E-state index in [9.17, 15) is 5.11 Å². The van der Waals surface area contributed by atoms with Crippen LogP contribution in [-0.4, -0.2) is 25.9 Å². The van der Waals surface area contributed by atoms with Crippen LogP contribution in [0.15, 0.2) is 18.2 Å². The van der Waals surface area contributed by atoms with Gasteiger partial charge in [0.15, 0.2) is 11.5 Å². The van der Waals surface area contributed by atoms with Crippen LogP contribution in [0, 0.1) is 0 Å². The Morgan fingerprint density at radius 2 is 1.87 bits per heavy atom. The van der Waals surface area contributed by atoms with Gasteiger partial charge < -0.3 is 20.3 Å². The van der Waals surface area contributed by atoms with E-state index >= 15 is 0 Å². The molecule has 1 atom stereocenters. The number of aliphatic hydroxyl groups excluding tert-OH is 1. The summed E-state index contributed by atoms with van der Waals surface area (Å²) in [7, 11) is 3.12. The fourth-order valence-corrected chi connectivity index (χ4v) is 1.20. The summed E-state index contributed by atoms with van der Waals surface area (Å²) < 4.78 is 10.2. The molecule has 0 amide bonds. The molecule has 0 heterocycles. The van der Waals surface area contributed by atoms with Crippen molar-refractivity contribution in [3.05, 3.63) is 23.8 Å². The lowest BCUT2D eigenvalue weighted by Crippen LogP contribution is -2.11. The van der Waals surface area contributed by atoms with E-state index < -0.39 is 6.10 Å². The first kappa shape index (κ1) is 14.0. The molecule has 5 heteroatoms. The highest BCUT2D eigenvalue weighted by molar-refractivity contribution is 5.85. The lowest BCUT2D eigenvalue weighted by atomic mass is 10.1. The predicted octanol–water partition coefficient (Wildman–Crippen LogP) is 1.12. The van der Waals surface area contributed by atoms with E-state index in [2.05, 4.69) is 0 Å². The summed E-state index contributed by atoms with van der Waals surface area (Å²) in [6, 6.07) is 5.22. The molecule has 4 nitrogen and oxygen atoms in total. The summed E-state index contributed by atoms with van der Waals surface area (Å²) in [5, 5.41) is 9.49. The fourth-order valence-electron chi connectivity index (χ4n) is 1.20. The van der Waals surface area contributed by atoms with Crippen LogP contribution in [0.3, 0.4) is 0 Å². The lowest BCUT2D eigenvalue weighted by Gasteiger charge is -2.12. The number of nitrogens with two attached hydrogens (primary N) is 1. The third-order valence-electron chi connectivity index (χ3n) is 2.02. The van der Waals surface area contributed by atoms with Gasteiger partial charge in [-0.15, -0.1) is 12.4 Å². The average molecular weight is 234 g/mol. The van der Waals surface area contributed by atoms with Gasteiger partial charge in [-0.3, -0.25) is 0 Å². The Morgan fingerprint density at radius 3 is 2.33 bits per heavy atom. The summed E-state index contributed by atoms with van der Waals surface area (Å²) in [5.41, 5.74) is 6.07. The molecule has 0 fully saturated rings. The SMILES string of the molecule is COc1ccc(C(O)CN)cc1OC.Cl. The van der Waals surface area contributed by atoms with Gasteiger partial charge >= 0.3 is 0 Å². The van der Waals surface area contributed by atoms with Gasteiger partial charge in [-0.05, 0) is 17.7 Å². The highest BCUT2D eigenvalue weighted by atomic mass is 35.5. The zero-order chi connectivity index (χ0) is 10.6. The van der Waals surface area contributed by atoms with Crippen LogP contribution in [0.4, 0.5) is 0 Å². The van der Waals surface area contributed by atoms with Crippen LogP contribution in [0.25, 0.3) is 0 Å². The average Bonchev–Trinajstić information content (AvgIpc) is 2.26. The second kappa shape index (κ2) is 6.50. The molecule has 1 rings (SSSR count). The normalized spacial score (nSPS) is 11.5. The van der Waals surface area contributed by atoms with E-state index in [1.54, 1.807) is 32.4 Å². The summed E-state index contributed by atoms with van der Waals surface area (Å²) in [6.45, 7) is 0.190. The molecule has 0 aliphatic heterocycles. The molecular weight excluding hydrogens is 218 g/mol. The van der Waals surface area contributed by atoms with Crippen molar-refractivity contribution in [2.45, 2.75) is 6.10 Å². The van der Waals surface area contributed by atoms with Gasteiger partial charge in [0.2, 0.25) is 0 Å². The standard InChI is InChI=1S/C10H15NO3.ClH/c1-13-9-4-3-7(8(12)6-11)5-10(9)14-2;/h3-5,8,12H,6,11H2,1-2H3;1H. The zero-order valence-electron chi connectivity index (χ0n) is 8.77. The number of hydrogen-bond acceptors (Lipinski definition) is 4. The van der Waals surface area contributed by atoms with Gasteiger partial charge in [-0.2, -0.15) is 0 Å². The molecule has 1 unspecified atom stereocenters. The topological polar surface area (TPSA) is 64.7 Å². The van der Waals surface area contributed by atoms with Crippen molar-refractivity contribution < 1.29 is 14.6 Å². The van der Waals surface area contributed by atoms with E-state index in [-0.39, 0.29) is 19.0 Å². The van der Waals surface area contributed by atoms with Crippen LogP contribution in [0.5, 0.6) is 11.5 Å². The molecule has 3 N–H and O–H groups in total. The van der Waals surface area contributed by atoms with Crippen molar-refractivity contribution in [2.24, 2.45) is 5.73 Å². The van der Waals surface area contributed by atoms with Crippen LogP contribution < -0.4 is 15.2 Å². The van der Waals surface area contributed by atoms with Gasteiger partial charge in [0, 0.05) is 6.54 Å². The number of halogens is 1. The molecular formula is C10H16ClNO3. The van der Waals surface area contributed by atoms with E-state index in [4.69, 9.17) is 15.2 Å². The zero-order valence-corrected chi connectivity index (χ0v) is 9.58. The molecule has 0 bridgehead atoms. The molecule has 0 spiro atoms. The Balaban J connectivity index is 0.00000196. The first-order valence-electron chi connectivity index (χ1n) is 4.33. The van der Waals surface area contributed by atoms with Crippen molar-refractivity contribution >= 4 is 12.4 Å². The minimum atomic E-state index is -0.658. The predicted molar refractivity (Wildman–Crippen MR) is 60.8 cm³/mol. The quantitative estimate of drug-likeness (QED) is 0.818. The number of aliphatic hydroxyl groups is 1. The number of methoxy groups -OCH3 is 2. The molecule has 0 aromatic heterocycles. The number of ether oxygens (including phenoxy) is 2. The molecule has 15 heavy (non-hydrogen) atoms. The maximum absolute atomic E-state index is 9.49. The lowest BCUT2D eigenvalue weighted by molar-refractivity contribution is 0.186. The summed E-state index contributed by atoms with van der Waals surface area (Å²) in [4.78, 5) is 0. The maximum atomic E-state index is 9.49. The molecule has 1 aromatic carbocycles. The van der Waals surface area contributed by atoms with E-state index in [0.717, 1.165) is 5.56 Å². The Hall–Kier alpha value is -0.970. The second-order valence-corrected chi connectivity index (χ2v) is 2.87. The van der Waals surface area contributed by atoms with Gasteiger partial charge in [-0.1, -0.05) is 6.07 Å². The van der Waals surface area contributed by atoms with Crippen molar-refractivity contribution in [2.75, 3.05) is 20.8 Å². The fraction of sp³-hybridized carbons (Fsp3) is 0.400. The van der Waals surface area contributed by atoms with Crippen molar-refractivity contribution in [3.63, 3.8) is 0 Å². The first-order chi connectivity index (χ1) is 6.72. The summed E-state index contributed by atoms with van der Waals surface area (Å²) >= 11 is 0. The smallest absolute Gasteiger partial charge is 0.161 e. The molecule has 0 radical (unpaired) electrons. The van der Waals surface area contributed by atoms with Gasteiger partial charge in [0.1, 0.15) is 0 Å². The molecule has 0 aliphatic carbocycles. The molecule has 0 saturated heterocycles. The van der Waals surface area contributed by atoms with Crippen LogP contribution >= 0.6 is 12.4 Å². The third-order valence-corrected chi connectivity index (χ3v) is 2.02. The van der Waals surface area contributed by atoms with Crippen molar-refractivity contribution in [1.29, 1.82) is 0 Å². The Kier molecular flexibility index (Phi) is 6.08. The second-order valence-electron chi connectivity index (χ2n) is 2.87. The summed E-state index contributed by atoms with van der Waals surface area (Å²) in [6.07, 6.45) is -0.658. The Bertz CT molecular complexity index is 307. The van der Waals surface area contributed by atoms with Gasteiger partial charge in [0.05, 0.1) is 20.3 Å². The minimum absolute atomic E-state index is 0. The monoisotopic (exact) mass is 233 g/mol. The molecule has 1 aromatic rings. The van der Waals surface area contributed by atoms with Gasteiger partial charge in [0.25, 0.3) is 0 Å². The number of hydrogen-bond donors (Lipinski definition) is 2. The van der Waals surface area contributed by atoms with E-state index in [1.165, 1.54) is 0 Å². The Morgan fingerprint density at radius 1 is 1.27 bits per heavy atom. The number of benzene rings is 1. The molecule has 86 valence electrons. The largest absolute Gasteiger partial charge is 0.493 e. The third kappa shape index (κ3) is 3.27. The first-order valence-corrected chi connectivity index (χ1v) is 4.33.